The number of nitrogens with zero attached hydrogens (tertiary/aromatic N) is 1. The van der Waals surface area contributed by atoms with Gasteiger partial charge in [-0.1, -0.05) is 0 Å². The molecule has 0 radical (unpaired) electrons. The minimum absolute atomic E-state index is 0.610. The van der Waals surface area contributed by atoms with Crippen LogP contribution >= 0.6 is 15.0 Å². The lowest BCUT2D eigenvalue weighted by atomic mass is 11.6. The van der Waals surface area contributed by atoms with E-state index in [1.807, 2.05) is 7.05 Å². The third-order valence-electron chi connectivity index (χ3n) is 0.358. The van der Waals surface area contributed by atoms with E-state index in [-0.39, 0.29) is 0 Å². The fraction of sp³-hybridized carbons (Fsp3) is 1.00. The minimum Gasteiger partial charge on any atom is -0.235 e. The molecular formula is C4H12NP2+. The largest absolute Gasteiger partial charge is 0.235 e. The second-order valence-corrected chi connectivity index (χ2v) is 10.8. The zero-order valence-electron chi connectivity index (χ0n) is 5.34. The van der Waals surface area contributed by atoms with Gasteiger partial charge in [-0.15, -0.1) is 0 Å². The summed E-state index contributed by atoms with van der Waals surface area (Å²) in [5.74, 6) is 0. The molecule has 0 aliphatic carbocycles. The zero-order valence-corrected chi connectivity index (χ0v) is 7.13. The summed E-state index contributed by atoms with van der Waals surface area (Å²) < 4.78 is 4.03. The van der Waals surface area contributed by atoms with Crippen LogP contribution in [0.5, 0.6) is 0 Å². The number of hydrogen-bond donors (Lipinski definition) is 0. The van der Waals surface area contributed by atoms with Gasteiger partial charge >= 0.3 is 0 Å². The molecule has 1 nitrogen and oxygen atoms in total. The first-order valence-electron chi connectivity index (χ1n) is 2.19. The predicted octanol–water partition coefficient (Wildman–Crippen LogP) is 2.57. The number of rotatable bonds is 1. The van der Waals surface area contributed by atoms with E-state index in [4.69, 9.17) is 0 Å². The van der Waals surface area contributed by atoms with Gasteiger partial charge in [-0.3, -0.25) is 0 Å². The molecule has 0 heterocycles. The lowest BCUT2D eigenvalue weighted by molar-refractivity contribution is 1.52. The molecule has 42 valence electrons. The van der Waals surface area contributed by atoms with Crippen molar-refractivity contribution in [3.63, 3.8) is 0 Å². The molecule has 0 aliphatic rings. The monoisotopic (exact) mass is 136 g/mol. The summed E-state index contributed by atoms with van der Waals surface area (Å²) in [4.78, 5) is 0. The lowest BCUT2D eigenvalue weighted by Gasteiger charge is -1.97. The quantitative estimate of drug-likeness (QED) is 0.491. The van der Waals surface area contributed by atoms with Crippen molar-refractivity contribution in [1.29, 1.82) is 0 Å². The summed E-state index contributed by atoms with van der Waals surface area (Å²) in [5, 5.41) is 0. The van der Waals surface area contributed by atoms with E-state index in [0.29, 0.717) is 0 Å². The summed E-state index contributed by atoms with van der Waals surface area (Å²) in [6.07, 6.45) is 0. The first kappa shape index (κ1) is 7.53. The van der Waals surface area contributed by atoms with Gasteiger partial charge in [0.2, 0.25) is 0 Å². The van der Waals surface area contributed by atoms with E-state index in [9.17, 15) is 0 Å². The second-order valence-electron chi connectivity index (χ2n) is 2.23. The van der Waals surface area contributed by atoms with Crippen molar-refractivity contribution in [2.75, 3.05) is 27.0 Å². The highest BCUT2D eigenvalue weighted by Gasteiger charge is 2.13. The molecule has 0 aliphatic heterocycles. The fourth-order valence-corrected chi connectivity index (χ4v) is 2.41. The molecule has 0 rings (SSSR count). The molecule has 3 heteroatoms. The first-order valence-corrected chi connectivity index (χ1v) is 6.87. The molecule has 0 atom stereocenters. The molecule has 0 bridgehead atoms. The lowest BCUT2D eigenvalue weighted by Crippen LogP contribution is -1.66. The summed E-state index contributed by atoms with van der Waals surface area (Å²) >= 11 is 0. The zero-order chi connectivity index (χ0) is 5.91. The van der Waals surface area contributed by atoms with Gasteiger partial charge in [0.25, 0.3) is 0 Å². The third-order valence-corrected chi connectivity index (χ3v) is 3.22. The molecule has 0 spiro atoms. The first-order chi connectivity index (χ1) is 3.06. The molecule has 0 N–H and O–H groups in total. The molecule has 0 saturated carbocycles. The predicted molar refractivity (Wildman–Crippen MR) is 40.0 cm³/mol. The molecule has 0 fully saturated rings. The van der Waals surface area contributed by atoms with Crippen molar-refractivity contribution in [3.8, 4) is 0 Å². The van der Waals surface area contributed by atoms with Crippen LogP contribution in [0.3, 0.4) is 0 Å². The van der Waals surface area contributed by atoms with Crippen molar-refractivity contribution in [3.05, 3.63) is 0 Å². The summed E-state index contributed by atoms with van der Waals surface area (Å²) in [6, 6.07) is 0. The summed E-state index contributed by atoms with van der Waals surface area (Å²) in [6.45, 7) is 6.23. The van der Waals surface area contributed by atoms with Gasteiger partial charge < -0.3 is 0 Å². The molecule has 0 aromatic carbocycles. The van der Waals surface area contributed by atoms with E-state index >= 15 is 0 Å². The Labute approximate surface area is 47.6 Å². The Morgan fingerprint density at radius 2 is 1.71 bits per heavy atom. The molecule has 0 aromatic rings. The van der Waals surface area contributed by atoms with Crippen LogP contribution < -0.4 is 0 Å². The Hall–Kier alpha value is 0.530. The molecular weight excluding hydrogens is 124 g/mol. The third kappa shape index (κ3) is 6.53. The summed E-state index contributed by atoms with van der Waals surface area (Å²) in [7, 11) is 3.16. The highest BCUT2D eigenvalue weighted by Crippen LogP contribution is 2.60. The van der Waals surface area contributed by atoms with Crippen molar-refractivity contribution in [2.45, 2.75) is 0 Å². The van der Waals surface area contributed by atoms with Crippen molar-refractivity contribution >= 4 is 15.0 Å². The van der Waals surface area contributed by atoms with Crippen LogP contribution in [0.2, 0.25) is 0 Å². The fourth-order valence-electron chi connectivity index (χ4n) is 0.268. The highest BCUT2D eigenvalue weighted by molar-refractivity contribution is 8.26. The van der Waals surface area contributed by atoms with Gasteiger partial charge in [0, 0.05) is 7.05 Å². The molecule has 7 heavy (non-hydrogen) atoms. The average Bonchev–Trinajstić information content (AvgIpc) is 1.30. The van der Waals surface area contributed by atoms with Crippen LogP contribution in [0.1, 0.15) is 0 Å². The van der Waals surface area contributed by atoms with Crippen LogP contribution in [-0.4, -0.2) is 27.0 Å². The second kappa shape index (κ2) is 2.74. The van der Waals surface area contributed by atoms with E-state index < -0.39 is 6.95 Å². The SMILES string of the molecule is CN=P[P+](C)(C)C. The Balaban J connectivity index is 3.56. The van der Waals surface area contributed by atoms with E-state index in [1.54, 1.807) is 0 Å². The standard InChI is InChI=1S/C4H12NP2/c1-5-6-7(2,3)4/h1-4H3/q+1. The molecule has 0 amide bonds. The molecule has 0 aromatic heterocycles. The van der Waals surface area contributed by atoms with Crippen LogP contribution in [0, 0.1) is 0 Å². The van der Waals surface area contributed by atoms with E-state index in [2.05, 4.69) is 24.7 Å². The van der Waals surface area contributed by atoms with Crippen LogP contribution in [0.25, 0.3) is 0 Å². The van der Waals surface area contributed by atoms with Crippen molar-refractivity contribution < 1.29 is 0 Å². The normalized spacial score (nSPS) is 13.1. The Kier molecular flexibility index (Phi) is 2.95. The maximum absolute atomic E-state index is 4.03. The summed E-state index contributed by atoms with van der Waals surface area (Å²) in [5.41, 5.74) is 0. The maximum Gasteiger partial charge on any atom is 0.198 e. The average molecular weight is 136 g/mol. The van der Waals surface area contributed by atoms with Gasteiger partial charge in [-0.2, -0.15) is 0 Å². The van der Waals surface area contributed by atoms with Crippen LogP contribution in [0.4, 0.5) is 0 Å². The van der Waals surface area contributed by atoms with E-state index in [0.717, 1.165) is 0 Å². The van der Waals surface area contributed by atoms with Crippen molar-refractivity contribution in [2.24, 2.45) is 4.74 Å². The van der Waals surface area contributed by atoms with Gasteiger partial charge in [0.15, 0.2) is 8.06 Å². The van der Waals surface area contributed by atoms with Gasteiger partial charge in [0.05, 0.1) is 26.9 Å². The van der Waals surface area contributed by atoms with E-state index in [1.165, 1.54) is 8.06 Å². The Morgan fingerprint density at radius 1 is 1.29 bits per heavy atom. The van der Waals surface area contributed by atoms with Gasteiger partial charge in [0.1, 0.15) is 0 Å². The topological polar surface area (TPSA) is 12.4 Å². The van der Waals surface area contributed by atoms with Gasteiger partial charge in [-0.05, 0) is 0 Å². The van der Waals surface area contributed by atoms with Crippen LogP contribution in [-0.2, 0) is 0 Å². The molecule has 0 unspecified atom stereocenters. The highest BCUT2D eigenvalue weighted by atomic mass is 32.1. The molecule has 0 saturated heterocycles. The smallest absolute Gasteiger partial charge is 0.198 e. The van der Waals surface area contributed by atoms with Crippen molar-refractivity contribution in [1.82, 2.24) is 0 Å². The van der Waals surface area contributed by atoms with Gasteiger partial charge in [-0.25, -0.2) is 4.74 Å². The number of hydrogen-bond acceptors (Lipinski definition) is 1. The maximum atomic E-state index is 4.03. The Bertz CT molecular complexity index is 72.2. The minimum atomic E-state index is -0.610. The Morgan fingerprint density at radius 3 is 1.71 bits per heavy atom. The van der Waals surface area contributed by atoms with Crippen LogP contribution in [0.15, 0.2) is 4.74 Å².